The number of benzene rings is 2. The fourth-order valence-electron chi connectivity index (χ4n) is 5.98. The van der Waals surface area contributed by atoms with Crippen molar-refractivity contribution in [2.75, 3.05) is 19.8 Å². The lowest BCUT2D eigenvalue weighted by Gasteiger charge is -2.29. The van der Waals surface area contributed by atoms with E-state index in [2.05, 4.69) is 55.5 Å². The summed E-state index contributed by atoms with van der Waals surface area (Å²) >= 11 is 0. The minimum atomic E-state index is -0.804. The Morgan fingerprint density at radius 3 is 1.89 bits per heavy atom. The zero-order chi connectivity index (χ0) is 31.4. The van der Waals surface area contributed by atoms with Crippen molar-refractivity contribution in [3.05, 3.63) is 54.1 Å². The molecule has 0 amide bonds. The van der Waals surface area contributed by atoms with Gasteiger partial charge in [0, 0.05) is 13.3 Å². The number of ketones is 1. The van der Waals surface area contributed by atoms with Crippen LogP contribution in [-0.2, 0) is 23.9 Å². The largest absolute Gasteiger partial charge is 0.494 e. The van der Waals surface area contributed by atoms with Gasteiger partial charge in [-0.2, -0.15) is 0 Å². The van der Waals surface area contributed by atoms with Crippen LogP contribution in [0.15, 0.2) is 48.5 Å². The average molecular weight is 607 g/mol. The van der Waals surface area contributed by atoms with Gasteiger partial charge in [-0.3, -0.25) is 9.59 Å². The van der Waals surface area contributed by atoms with Crippen molar-refractivity contribution >= 4 is 17.7 Å². The number of hydrogen-bond donors (Lipinski definition) is 0. The molecule has 0 unspecified atom stereocenters. The summed E-state index contributed by atoms with van der Waals surface area (Å²) in [5.41, 5.74) is 3.97. The van der Waals surface area contributed by atoms with Crippen molar-refractivity contribution < 1.29 is 28.6 Å². The first-order valence-electron chi connectivity index (χ1n) is 17.1. The fourth-order valence-corrected chi connectivity index (χ4v) is 5.98. The van der Waals surface area contributed by atoms with Gasteiger partial charge in [-0.25, -0.2) is 4.79 Å². The molecule has 44 heavy (non-hydrogen) atoms. The lowest BCUT2D eigenvalue weighted by Crippen LogP contribution is -2.14. The fraction of sp³-hybridized carbons (Fsp3) is 0.605. The molecule has 3 rings (SSSR count). The van der Waals surface area contributed by atoms with Crippen LogP contribution in [0.1, 0.15) is 128 Å². The van der Waals surface area contributed by atoms with Crippen LogP contribution in [0.25, 0.3) is 11.1 Å². The molecule has 0 bridgehead atoms. The van der Waals surface area contributed by atoms with Gasteiger partial charge in [0.2, 0.25) is 5.78 Å². The van der Waals surface area contributed by atoms with Crippen LogP contribution < -0.4 is 4.74 Å². The molecule has 0 atom stereocenters. The summed E-state index contributed by atoms with van der Waals surface area (Å²) < 4.78 is 16.0. The molecule has 0 N–H and O–H groups in total. The Hall–Kier alpha value is -3.15. The third kappa shape index (κ3) is 13.7. The molecular formula is C38H54O6. The van der Waals surface area contributed by atoms with E-state index in [0.29, 0.717) is 32.5 Å². The third-order valence-electron chi connectivity index (χ3n) is 8.75. The van der Waals surface area contributed by atoms with Crippen molar-refractivity contribution in [3.63, 3.8) is 0 Å². The highest BCUT2D eigenvalue weighted by Gasteiger charge is 2.22. The Labute approximate surface area is 265 Å². The Morgan fingerprint density at radius 1 is 0.659 bits per heavy atom. The van der Waals surface area contributed by atoms with Gasteiger partial charge in [0.1, 0.15) is 5.75 Å². The third-order valence-corrected chi connectivity index (χ3v) is 8.75. The van der Waals surface area contributed by atoms with Crippen molar-refractivity contribution in [2.45, 2.75) is 122 Å². The van der Waals surface area contributed by atoms with Crippen LogP contribution in [0, 0.1) is 5.92 Å². The molecule has 1 aliphatic rings. The Kier molecular flexibility index (Phi) is 16.7. The van der Waals surface area contributed by atoms with Gasteiger partial charge in [0.15, 0.2) is 0 Å². The zero-order valence-corrected chi connectivity index (χ0v) is 27.2. The first-order chi connectivity index (χ1) is 21.5. The molecule has 6 heteroatoms. The second-order valence-corrected chi connectivity index (χ2v) is 12.3. The second kappa shape index (κ2) is 20.7. The molecule has 6 nitrogen and oxygen atoms in total. The predicted octanol–water partition coefficient (Wildman–Crippen LogP) is 9.38. The summed E-state index contributed by atoms with van der Waals surface area (Å²) in [6, 6.07) is 17.6. The number of ether oxygens (including phenoxy) is 3. The van der Waals surface area contributed by atoms with E-state index in [1.54, 1.807) is 0 Å². The lowest BCUT2D eigenvalue weighted by molar-refractivity contribution is -0.153. The van der Waals surface area contributed by atoms with Crippen molar-refractivity contribution in [3.8, 4) is 16.9 Å². The maximum absolute atomic E-state index is 11.8. The summed E-state index contributed by atoms with van der Waals surface area (Å²) in [6.45, 7) is 4.80. The molecule has 0 aliphatic heterocycles. The maximum atomic E-state index is 11.8. The van der Waals surface area contributed by atoms with Crippen LogP contribution in [0.2, 0.25) is 0 Å². The summed E-state index contributed by atoms with van der Waals surface area (Å²) in [7, 11) is 0. The Bertz CT molecular complexity index is 1100. The van der Waals surface area contributed by atoms with E-state index in [0.717, 1.165) is 49.7 Å². The van der Waals surface area contributed by atoms with Crippen LogP contribution in [0.5, 0.6) is 5.75 Å². The average Bonchev–Trinajstić information content (AvgIpc) is 3.04. The minimum absolute atomic E-state index is 0.191. The number of carbonyl (C=O) groups excluding carboxylic acids is 3. The molecule has 1 aliphatic carbocycles. The van der Waals surface area contributed by atoms with Gasteiger partial charge in [0.05, 0.1) is 19.8 Å². The monoisotopic (exact) mass is 606 g/mol. The first-order valence-corrected chi connectivity index (χ1v) is 17.1. The number of esters is 2. The van der Waals surface area contributed by atoms with Gasteiger partial charge in [-0.15, -0.1) is 0 Å². The quantitative estimate of drug-likeness (QED) is 0.0800. The zero-order valence-electron chi connectivity index (χ0n) is 27.2. The van der Waals surface area contributed by atoms with E-state index in [1.165, 1.54) is 75.0 Å². The van der Waals surface area contributed by atoms with E-state index < -0.39 is 11.8 Å². The van der Waals surface area contributed by atoms with Crippen LogP contribution in [-0.4, -0.2) is 37.5 Å². The van der Waals surface area contributed by atoms with Crippen LogP contribution in [0.3, 0.4) is 0 Å². The second-order valence-electron chi connectivity index (χ2n) is 12.3. The molecule has 2 aromatic carbocycles. The number of carbonyl (C=O) groups is 3. The molecular weight excluding hydrogens is 552 g/mol. The summed E-state index contributed by atoms with van der Waals surface area (Å²) in [5.74, 6) is 0.978. The minimum Gasteiger partial charge on any atom is -0.494 e. The van der Waals surface area contributed by atoms with Crippen molar-refractivity contribution in [2.24, 2.45) is 5.92 Å². The molecule has 0 heterocycles. The van der Waals surface area contributed by atoms with Gasteiger partial charge < -0.3 is 14.2 Å². The van der Waals surface area contributed by atoms with E-state index >= 15 is 0 Å². The standard InChI is InChI=1S/C38H54O6/c1-3-4-8-13-31-15-17-32(18-16-31)33-19-21-34(22-20-33)35-23-25-36(26-24-35)42-27-10-5-6-11-28-43-37(40)14-9-7-12-29-44-38(41)30(2)39/h19-26,31-32H,3-18,27-29H2,1-2H3. The summed E-state index contributed by atoms with van der Waals surface area (Å²) in [6.07, 6.45) is 17.3. The number of rotatable bonds is 21. The van der Waals surface area contributed by atoms with E-state index in [4.69, 9.17) is 14.2 Å². The molecule has 2 aromatic rings. The molecule has 0 radical (unpaired) electrons. The highest BCUT2D eigenvalue weighted by atomic mass is 16.5. The van der Waals surface area contributed by atoms with E-state index in [1.807, 2.05) is 0 Å². The molecule has 242 valence electrons. The van der Waals surface area contributed by atoms with Crippen LogP contribution >= 0.6 is 0 Å². The number of Topliss-reactive ketones (excluding diaryl/α,β-unsaturated/α-hetero) is 1. The van der Waals surface area contributed by atoms with Crippen LogP contribution in [0.4, 0.5) is 0 Å². The van der Waals surface area contributed by atoms with E-state index in [-0.39, 0.29) is 12.6 Å². The van der Waals surface area contributed by atoms with Gasteiger partial charge in [-0.1, -0.05) is 69.0 Å². The molecule has 1 fully saturated rings. The topological polar surface area (TPSA) is 78.9 Å². The van der Waals surface area contributed by atoms with E-state index in [9.17, 15) is 14.4 Å². The normalized spacial score (nSPS) is 16.3. The van der Waals surface area contributed by atoms with Crippen molar-refractivity contribution in [1.29, 1.82) is 0 Å². The number of hydrogen-bond acceptors (Lipinski definition) is 6. The van der Waals surface area contributed by atoms with Crippen molar-refractivity contribution in [1.82, 2.24) is 0 Å². The maximum Gasteiger partial charge on any atom is 0.374 e. The van der Waals surface area contributed by atoms with Gasteiger partial charge in [0.25, 0.3) is 0 Å². The molecule has 0 spiro atoms. The lowest BCUT2D eigenvalue weighted by atomic mass is 9.77. The molecule has 0 aromatic heterocycles. The van der Waals surface area contributed by atoms with Gasteiger partial charge >= 0.3 is 11.9 Å². The highest BCUT2D eigenvalue weighted by Crippen LogP contribution is 2.38. The van der Waals surface area contributed by atoms with Gasteiger partial charge in [-0.05, 0) is 111 Å². The summed E-state index contributed by atoms with van der Waals surface area (Å²) in [4.78, 5) is 33.7. The summed E-state index contributed by atoms with van der Waals surface area (Å²) in [5, 5.41) is 0. The molecule has 1 saturated carbocycles. The number of unbranched alkanes of at least 4 members (excludes halogenated alkanes) is 7. The smallest absolute Gasteiger partial charge is 0.374 e. The highest BCUT2D eigenvalue weighted by molar-refractivity contribution is 6.32. The SMILES string of the molecule is CCCCCC1CCC(c2ccc(-c3ccc(OCCCCCCOC(=O)CCCCCOC(=O)C(C)=O)cc3)cc2)CC1. The predicted molar refractivity (Wildman–Crippen MR) is 176 cm³/mol. The first kappa shape index (κ1) is 35.3. The Morgan fingerprint density at radius 2 is 1.25 bits per heavy atom. The Balaban J connectivity index is 1.20. The molecule has 0 saturated heterocycles.